The predicted octanol–water partition coefficient (Wildman–Crippen LogP) is 3.40. The summed E-state index contributed by atoms with van der Waals surface area (Å²) in [4.78, 5) is 33.5. The predicted molar refractivity (Wildman–Crippen MR) is 117 cm³/mol. The lowest BCUT2D eigenvalue weighted by Crippen LogP contribution is -2.24. The van der Waals surface area contributed by atoms with Crippen LogP contribution in [0.4, 0.5) is 0 Å². The number of carbonyl (C=O) groups excluding carboxylic acids is 1. The van der Waals surface area contributed by atoms with Crippen molar-refractivity contribution in [2.45, 2.75) is 40.3 Å². The molecule has 0 atom stereocenters. The number of aromatic nitrogens is 4. The average Bonchev–Trinajstić information content (AvgIpc) is 3.24. The monoisotopic (exact) mass is 417 g/mol. The van der Waals surface area contributed by atoms with E-state index in [0.717, 1.165) is 23.1 Å². The lowest BCUT2D eigenvalue weighted by atomic mass is 10.1. The van der Waals surface area contributed by atoms with Gasteiger partial charge in [0.05, 0.1) is 17.6 Å². The highest BCUT2D eigenvalue weighted by Crippen LogP contribution is 2.21. The molecule has 1 amide bonds. The van der Waals surface area contributed by atoms with E-state index in [0.29, 0.717) is 35.0 Å². The highest BCUT2D eigenvalue weighted by molar-refractivity contribution is 5.94. The molecule has 0 aliphatic heterocycles. The molecule has 0 unspecified atom stereocenters. The number of fused-ring (bicyclic) bond motifs is 1. The zero-order chi connectivity index (χ0) is 22.0. The molecule has 0 aliphatic carbocycles. The van der Waals surface area contributed by atoms with Gasteiger partial charge in [0.15, 0.2) is 0 Å². The van der Waals surface area contributed by atoms with Crippen molar-refractivity contribution in [3.05, 3.63) is 75.5 Å². The molecular formula is C23H23N5O3. The van der Waals surface area contributed by atoms with E-state index in [1.165, 1.54) is 0 Å². The van der Waals surface area contributed by atoms with Crippen LogP contribution in [-0.2, 0) is 13.1 Å². The van der Waals surface area contributed by atoms with Crippen molar-refractivity contribution in [1.82, 2.24) is 25.0 Å². The Labute approximate surface area is 178 Å². The fourth-order valence-corrected chi connectivity index (χ4v) is 3.37. The first-order chi connectivity index (χ1) is 15.0. The van der Waals surface area contributed by atoms with Gasteiger partial charge in [0, 0.05) is 17.7 Å². The summed E-state index contributed by atoms with van der Waals surface area (Å²) in [6.07, 6.45) is 0.850. The van der Waals surface area contributed by atoms with E-state index >= 15 is 0 Å². The van der Waals surface area contributed by atoms with Gasteiger partial charge in [-0.3, -0.25) is 9.59 Å². The molecule has 0 spiro atoms. The molecule has 0 saturated heterocycles. The standard InChI is InChI=1S/C23H23N5O3/c1-4-11-28-19-10-9-17(12-18(19)25-15(3)23(28)30)21-26-20(31-27-21)13-24-22(29)16-7-5-14(2)6-8-16/h5-10,12H,4,11,13H2,1-3H3,(H,24,29). The molecule has 0 radical (unpaired) electrons. The summed E-state index contributed by atoms with van der Waals surface area (Å²) in [6.45, 7) is 6.46. The van der Waals surface area contributed by atoms with Crippen LogP contribution in [0, 0.1) is 13.8 Å². The van der Waals surface area contributed by atoms with Crippen LogP contribution in [0.25, 0.3) is 22.4 Å². The van der Waals surface area contributed by atoms with Crippen molar-refractivity contribution in [1.29, 1.82) is 0 Å². The Bertz CT molecular complexity index is 1310. The molecule has 2 aromatic heterocycles. The summed E-state index contributed by atoms with van der Waals surface area (Å²) in [6, 6.07) is 12.8. The van der Waals surface area contributed by atoms with E-state index in [4.69, 9.17) is 4.52 Å². The first-order valence-electron chi connectivity index (χ1n) is 10.2. The maximum absolute atomic E-state index is 12.4. The number of nitrogens with zero attached hydrogens (tertiary/aromatic N) is 4. The molecule has 0 fully saturated rings. The number of benzene rings is 2. The van der Waals surface area contributed by atoms with E-state index in [-0.39, 0.29) is 18.0 Å². The van der Waals surface area contributed by atoms with E-state index < -0.39 is 0 Å². The van der Waals surface area contributed by atoms with E-state index in [1.807, 2.05) is 44.2 Å². The highest BCUT2D eigenvalue weighted by Gasteiger charge is 2.14. The van der Waals surface area contributed by atoms with E-state index in [1.54, 1.807) is 23.6 Å². The second-order valence-electron chi connectivity index (χ2n) is 7.42. The number of carbonyl (C=O) groups is 1. The first-order valence-corrected chi connectivity index (χ1v) is 10.2. The van der Waals surface area contributed by atoms with Gasteiger partial charge in [-0.05, 0) is 50.6 Å². The molecule has 0 saturated carbocycles. The second-order valence-corrected chi connectivity index (χ2v) is 7.42. The summed E-state index contributed by atoms with van der Waals surface area (Å²) in [5.41, 5.74) is 4.22. The molecule has 158 valence electrons. The van der Waals surface area contributed by atoms with Crippen molar-refractivity contribution in [2.75, 3.05) is 0 Å². The third-order valence-corrected chi connectivity index (χ3v) is 5.00. The van der Waals surface area contributed by atoms with Crippen LogP contribution in [0.3, 0.4) is 0 Å². The minimum absolute atomic E-state index is 0.0757. The molecule has 0 bridgehead atoms. The van der Waals surface area contributed by atoms with Crippen molar-refractivity contribution >= 4 is 16.9 Å². The summed E-state index contributed by atoms with van der Waals surface area (Å²) >= 11 is 0. The van der Waals surface area contributed by atoms with Crippen LogP contribution < -0.4 is 10.9 Å². The fourth-order valence-electron chi connectivity index (χ4n) is 3.37. The third-order valence-electron chi connectivity index (χ3n) is 5.00. The van der Waals surface area contributed by atoms with Gasteiger partial charge in [0.2, 0.25) is 11.7 Å². The van der Waals surface area contributed by atoms with Crippen molar-refractivity contribution in [3.63, 3.8) is 0 Å². The smallest absolute Gasteiger partial charge is 0.272 e. The Hall–Kier alpha value is -3.81. The van der Waals surface area contributed by atoms with Gasteiger partial charge in [-0.15, -0.1) is 0 Å². The number of rotatable bonds is 6. The molecule has 8 nitrogen and oxygen atoms in total. The largest absolute Gasteiger partial charge is 0.343 e. The molecule has 1 N–H and O–H groups in total. The number of hydrogen-bond donors (Lipinski definition) is 1. The SMILES string of the molecule is CCCn1c(=O)c(C)nc2cc(-c3noc(CNC(=O)c4ccc(C)cc4)n3)ccc21. The number of nitrogens with one attached hydrogen (secondary N) is 1. The van der Waals surface area contributed by atoms with Crippen LogP contribution in [0.1, 0.15) is 40.9 Å². The first kappa shape index (κ1) is 20.5. The molecule has 8 heteroatoms. The maximum Gasteiger partial charge on any atom is 0.272 e. The van der Waals surface area contributed by atoms with E-state index in [9.17, 15) is 9.59 Å². The number of hydrogen-bond acceptors (Lipinski definition) is 6. The Kier molecular flexibility index (Phi) is 5.62. The van der Waals surface area contributed by atoms with Crippen molar-refractivity contribution in [3.8, 4) is 11.4 Å². The van der Waals surface area contributed by atoms with Gasteiger partial charge in [0.25, 0.3) is 11.5 Å². The lowest BCUT2D eigenvalue weighted by Gasteiger charge is -2.10. The minimum atomic E-state index is -0.209. The normalized spacial score (nSPS) is 11.1. The average molecular weight is 417 g/mol. The summed E-state index contributed by atoms with van der Waals surface area (Å²) in [5, 5.41) is 6.80. The van der Waals surface area contributed by atoms with Crippen LogP contribution in [0.5, 0.6) is 0 Å². The van der Waals surface area contributed by atoms with Gasteiger partial charge in [-0.2, -0.15) is 4.98 Å². The number of amides is 1. The summed E-state index contributed by atoms with van der Waals surface area (Å²) in [5.74, 6) is 0.490. The van der Waals surface area contributed by atoms with E-state index in [2.05, 4.69) is 20.4 Å². The molecular weight excluding hydrogens is 394 g/mol. The number of aryl methyl sites for hydroxylation is 3. The third kappa shape index (κ3) is 4.23. The molecule has 2 aromatic carbocycles. The Balaban J connectivity index is 1.54. The minimum Gasteiger partial charge on any atom is -0.343 e. The van der Waals surface area contributed by atoms with Crippen LogP contribution in [0.2, 0.25) is 0 Å². The van der Waals surface area contributed by atoms with Crippen molar-refractivity contribution < 1.29 is 9.32 Å². The zero-order valence-corrected chi connectivity index (χ0v) is 17.7. The Morgan fingerprint density at radius 1 is 1.10 bits per heavy atom. The maximum atomic E-state index is 12.4. The van der Waals surface area contributed by atoms with Gasteiger partial charge in [-0.25, -0.2) is 4.98 Å². The van der Waals surface area contributed by atoms with Crippen LogP contribution in [-0.4, -0.2) is 25.6 Å². The van der Waals surface area contributed by atoms with Gasteiger partial charge >= 0.3 is 0 Å². The van der Waals surface area contributed by atoms with Crippen LogP contribution in [0.15, 0.2) is 51.8 Å². The second kappa shape index (κ2) is 8.51. The molecule has 2 heterocycles. The Morgan fingerprint density at radius 2 is 1.87 bits per heavy atom. The molecule has 4 aromatic rings. The summed E-state index contributed by atoms with van der Waals surface area (Å²) in [7, 11) is 0. The zero-order valence-electron chi connectivity index (χ0n) is 17.7. The molecule has 31 heavy (non-hydrogen) atoms. The van der Waals surface area contributed by atoms with Gasteiger partial charge in [0.1, 0.15) is 5.69 Å². The molecule has 0 aliphatic rings. The van der Waals surface area contributed by atoms with Crippen molar-refractivity contribution in [2.24, 2.45) is 0 Å². The fraction of sp³-hybridized carbons (Fsp3) is 0.261. The van der Waals surface area contributed by atoms with Crippen LogP contribution >= 0.6 is 0 Å². The van der Waals surface area contributed by atoms with Gasteiger partial charge < -0.3 is 14.4 Å². The topological polar surface area (TPSA) is 103 Å². The molecule has 4 rings (SSSR count). The van der Waals surface area contributed by atoms with Gasteiger partial charge in [-0.1, -0.05) is 29.8 Å². The quantitative estimate of drug-likeness (QED) is 0.516. The lowest BCUT2D eigenvalue weighted by molar-refractivity contribution is 0.0946. The Morgan fingerprint density at radius 3 is 2.61 bits per heavy atom. The highest BCUT2D eigenvalue weighted by atomic mass is 16.5. The summed E-state index contributed by atoms with van der Waals surface area (Å²) < 4.78 is 7.03.